The van der Waals surface area contributed by atoms with E-state index in [4.69, 9.17) is 9.47 Å². The van der Waals surface area contributed by atoms with E-state index in [1.165, 1.54) is 0 Å². The third kappa shape index (κ3) is 3.69. The van der Waals surface area contributed by atoms with Crippen LogP contribution >= 0.6 is 0 Å². The Kier molecular flexibility index (Phi) is 4.97. The molecule has 0 radical (unpaired) electrons. The fourth-order valence-electron chi connectivity index (χ4n) is 3.01. The lowest BCUT2D eigenvalue weighted by molar-refractivity contribution is 0.0851. The molecule has 1 atom stereocenters. The first-order valence-electron chi connectivity index (χ1n) is 8.98. The lowest BCUT2D eigenvalue weighted by Crippen LogP contribution is -2.23. The second kappa shape index (κ2) is 7.88. The minimum atomic E-state index is -0.373. The minimum absolute atomic E-state index is 0.249. The maximum atomic E-state index is 12.7. The summed E-state index contributed by atoms with van der Waals surface area (Å²) in [6.45, 7) is 0. The van der Waals surface area contributed by atoms with Crippen molar-refractivity contribution in [1.82, 2.24) is 10.6 Å². The largest absolute Gasteiger partial charge is 0.497 e. The van der Waals surface area contributed by atoms with Crippen molar-refractivity contribution in [3.8, 4) is 5.75 Å². The summed E-state index contributed by atoms with van der Waals surface area (Å²) in [5, 5.41) is 6.27. The molecule has 1 unspecified atom stereocenters. The zero-order chi connectivity index (χ0) is 19.3. The third-order valence-electron chi connectivity index (χ3n) is 4.48. The lowest BCUT2D eigenvalue weighted by atomic mass is 10.1. The highest BCUT2D eigenvalue weighted by Crippen LogP contribution is 2.31. The lowest BCUT2D eigenvalue weighted by Gasteiger charge is -2.13. The average Bonchev–Trinajstić information content (AvgIpc) is 3.19. The van der Waals surface area contributed by atoms with Crippen molar-refractivity contribution in [2.24, 2.45) is 0 Å². The third-order valence-corrected chi connectivity index (χ3v) is 4.48. The number of carbonyl (C=O) groups is 1. The predicted molar refractivity (Wildman–Crippen MR) is 107 cm³/mol. The first kappa shape index (κ1) is 17.7. The number of hydrogen-bond donors (Lipinski definition) is 2. The number of hydrogen-bond acceptors (Lipinski definition) is 4. The van der Waals surface area contributed by atoms with Gasteiger partial charge in [-0.25, -0.2) is 0 Å². The van der Waals surface area contributed by atoms with Gasteiger partial charge in [-0.15, -0.1) is 0 Å². The Labute approximate surface area is 163 Å². The van der Waals surface area contributed by atoms with Crippen molar-refractivity contribution in [2.75, 3.05) is 7.11 Å². The van der Waals surface area contributed by atoms with E-state index in [1.54, 1.807) is 31.4 Å². The highest BCUT2D eigenvalue weighted by molar-refractivity contribution is 5.96. The van der Waals surface area contributed by atoms with Crippen LogP contribution in [0.2, 0.25) is 0 Å². The van der Waals surface area contributed by atoms with Crippen LogP contribution in [0.1, 0.15) is 27.7 Å². The summed E-state index contributed by atoms with van der Waals surface area (Å²) in [6.07, 6.45) is -0.373. The van der Waals surface area contributed by atoms with Crippen LogP contribution in [0.25, 0.3) is 5.70 Å². The zero-order valence-corrected chi connectivity index (χ0v) is 15.4. The molecular weight excluding hydrogens is 352 g/mol. The van der Waals surface area contributed by atoms with Crippen molar-refractivity contribution in [3.63, 3.8) is 0 Å². The fraction of sp³-hybridized carbons (Fsp3) is 0.0870. The Hall–Kier alpha value is -3.73. The number of nitrogens with one attached hydrogen (secondary N) is 2. The molecule has 0 spiro atoms. The number of amides is 1. The van der Waals surface area contributed by atoms with Gasteiger partial charge in [0.2, 0.25) is 5.88 Å². The van der Waals surface area contributed by atoms with E-state index in [2.05, 4.69) is 10.6 Å². The molecule has 1 amide bonds. The van der Waals surface area contributed by atoms with E-state index in [9.17, 15) is 4.79 Å². The quantitative estimate of drug-likeness (QED) is 0.709. The van der Waals surface area contributed by atoms with Crippen molar-refractivity contribution in [1.29, 1.82) is 0 Å². The highest BCUT2D eigenvalue weighted by Gasteiger charge is 2.28. The predicted octanol–water partition coefficient (Wildman–Crippen LogP) is 4.07. The van der Waals surface area contributed by atoms with E-state index >= 15 is 0 Å². The van der Waals surface area contributed by atoms with E-state index < -0.39 is 0 Å². The Balaban J connectivity index is 1.61. The summed E-state index contributed by atoms with van der Waals surface area (Å²) in [4.78, 5) is 12.7. The van der Waals surface area contributed by atoms with Crippen molar-refractivity contribution in [3.05, 3.63) is 108 Å². The molecule has 1 heterocycles. The molecule has 2 N–H and O–H groups in total. The molecule has 0 aliphatic carbocycles. The summed E-state index contributed by atoms with van der Waals surface area (Å²) >= 11 is 0. The van der Waals surface area contributed by atoms with Crippen LogP contribution in [0, 0.1) is 0 Å². The van der Waals surface area contributed by atoms with Gasteiger partial charge in [0.05, 0.1) is 7.11 Å². The van der Waals surface area contributed by atoms with E-state index in [0.29, 0.717) is 17.2 Å². The number of benzene rings is 3. The number of carbonyl (C=O) groups excluding carboxylic acids is 1. The summed E-state index contributed by atoms with van der Waals surface area (Å²) < 4.78 is 11.2. The fourth-order valence-corrected chi connectivity index (χ4v) is 3.01. The van der Waals surface area contributed by atoms with Crippen LogP contribution in [0.5, 0.6) is 5.75 Å². The number of methoxy groups -OCH3 is 1. The van der Waals surface area contributed by atoms with Crippen LogP contribution in [-0.2, 0) is 4.74 Å². The van der Waals surface area contributed by atoms with Crippen LogP contribution in [0.15, 0.2) is 90.8 Å². The van der Waals surface area contributed by atoms with Crippen molar-refractivity contribution < 1.29 is 14.3 Å². The standard InChI is InChI=1S/C23H20N2O3/c1-27-19-14-12-17(13-15-19)21(26)25-23-20(16-8-4-2-5-9-16)24-22(28-23)18-10-6-3-7-11-18/h2-15,22,24H,1H3,(H,25,26). The minimum Gasteiger partial charge on any atom is -0.497 e. The molecule has 0 aromatic heterocycles. The summed E-state index contributed by atoms with van der Waals surface area (Å²) in [6, 6.07) is 26.5. The first-order chi connectivity index (χ1) is 13.7. The maximum absolute atomic E-state index is 12.7. The summed E-state index contributed by atoms with van der Waals surface area (Å²) in [5.41, 5.74) is 3.18. The molecule has 0 saturated heterocycles. The summed E-state index contributed by atoms with van der Waals surface area (Å²) in [5.74, 6) is 0.853. The molecule has 140 valence electrons. The van der Waals surface area contributed by atoms with Gasteiger partial charge >= 0.3 is 0 Å². The Morgan fingerprint density at radius 2 is 1.57 bits per heavy atom. The van der Waals surface area contributed by atoms with Gasteiger partial charge in [0.25, 0.3) is 5.91 Å². The van der Waals surface area contributed by atoms with E-state index in [-0.39, 0.29) is 12.1 Å². The maximum Gasteiger partial charge on any atom is 0.258 e. The number of ether oxygens (including phenoxy) is 2. The second-order valence-electron chi connectivity index (χ2n) is 6.31. The zero-order valence-electron chi connectivity index (χ0n) is 15.4. The highest BCUT2D eigenvalue weighted by atomic mass is 16.5. The van der Waals surface area contributed by atoms with E-state index in [1.807, 2.05) is 60.7 Å². The first-order valence-corrected chi connectivity index (χ1v) is 8.98. The molecule has 0 bridgehead atoms. The molecule has 1 aliphatic heterocycles. The molecule has 5 heteroatoms. The van der Waals surface area contributed by atoms with Gasteiger partial charge in [0.15, 0.2) is 6.23 Å². The SMILES string of the molecule is COc1ccc(C(=O)NC2=C(c3ccccc3)NC(c3ccccc3)O2)cc1. The van der Waals surface area contributed by atoms with Gasteiger partial charge in [0.1, 0.15) is 11.4 Å². The smallest absolute Gasteiger partial charge is 0.258 e. The number of rotatable bonds is 5. The summed E-state index contributed by atoms with van der Waals surface area (Å²) in [7, 11) is 1.59. The van der Waals surface area contributed by atoms with Crippen LogP contribution < -0.4 is 15.4 Å². The van der Waals surface area contributed by atoms with Crippen LogP contribution in [-0.4, -0.2) is 13.0 Å². The molecule has 0 saturated carbocycles. The Bertz CT molecular complexity index is 983. The Morgan fingerprint density at radius 3 is 2.21 bits per heavy atom. The topological polar surface area (TPSA) is 59.6 Å². The normalized spacial score (nSPS) is 15.5. The van der Waals surface area contributed by atoms with Crippen LogP contribution in [0.4, 0.5) is 0 Å². The molecule has 4 rings (SSSR count). The van der Waals surface area contributed by atoms with Gasteiger partial charge in [-0.2, -0.15) is 0 Å². The average molecular weight is 372 g/mol. The van der Waals surface area contributed by atoms with Gasteiger partial charge in [-0.05, 0) is 24.3 Å². The van der Waals surface area contributed by atoms with Crippen LogP contribution in [0.3, 0.4) is 0 Å². The molecular formula is C23H20N2O3. The molecule has 28 heavy (non-hydrogen) atoms. The monoisotopic (exact) mass is 372 g/mol. The van der Waals surface area contributed by atoms with Gasteiger partial charge in [-0.3, -0.25) is 10.1 Å². The second-order valence-corrected chi connectivity index (χ2v) is 6.31. The van der Waals surface area contributed by atoms with Crippen molar-refractivity contribution in [2.45, 2.75) is 6.23 Å². The van der Waals surface area contributed by atoms with Crippen molar-refractivity contribution >= 4 is 11.6 Å². The van der Waals surface area contributed by atoms with Gasteiger partial charge in [0, 0.05) is 16.7 Å². The van der Waals surface area contributed by atoms with Gasteiger partial charge < -0.3 is 14.8 Å². The molecule has 3 aromatic rings. The van der Waals surface area contributed by atoms with Gasteiger partial charge in [-0.1, -0.05) is 60.7 Å². The van der Waals surface area contributed by atoms with E-state index in [0.717, 1.165) is 16.8 Å². The molecule has 5 nitrogen and oxygen atoms in total. The molecule has 0 fully saturated rings. The molecule has 1 aliphatic rings. The molecule has 3 aromatic carbocycles. The Morgan fingerprint density at radius 1 is 0.929 bits per heavy atom.